The Morgan fingerprint density at radius 1 is 1.32 bits per heavy atom. The summed E-state index contributed by atoms with van der Waals surface area (Å²) < 4.78 is 1.26. The van der Waals surface area contributed by atoms with Crippen LogP contribution >= 0.6 is 0 Å². The smallest absolute Gasteiger partial charge is 0.320 e. The van der Waals surface area contributed by atoms with E-state index in [0.717, 1.165) is 6.20 Å². The number of hydrogen-bond acceptors (Lipinski definition) is 5. The molecule has 0 aliphatic heterocycles. The van der Waals surface area contributed by atoms with E-state index in [1.54, 1.807) is 31.2 Å². The second-order valence-electron chi connectivity index (χ2n) is 4.54. The zero-order valence-electron chi connectivity index (χ0n) is 12.1. The molecule has 0 saturated heterocycles. The third kappa shape index (κ3) is 3.00. The summed E-state index contributed by atoms with van der Waals surface area (Å²) in [4.78, 5) is 33.8. The van der Waals surface area contributed by atoms with Gasteiger partial charge in [0.1, 0.15) is 6.20 Å². The molecule has 0 radical (unpaired) electrons. The molecule has 0 bridgehead atoms. The highest BCUT2D eigenvalue weighted by Crippen LogP contribution is 2.20. The Morgan fingerprint density at radius 2 is 1.95 bits per heavy atom. The molecule has 8 heteroatoms. The number of ketones is 1. The molecule has 0 aliphatic rings. The zero-order valence-corrected chi connectivity index (χ0v) is 12.1. The van der Waals surface area contributed by atoms with E-state index in [1.165, 1.54) is 11.6 Å². The van der Waals surface area contributed by atoms with E-state index in [2.05, 4.69) is 10.4 Å². The van der Waals surface area contributed by atoms with Crippen molar-refractivity contribution in [1.82, 2.24) is 9.78 Å². The van der Waals surface area contributed by atoms with Crippen molar-refractivity contribution in [2.45, 2.75) is 20.4 Å². The van der Waals surface area contributed by atoms with Gasteiger partial charge in [0.25, 0.3) is 5.91 Å². The van der Waals surface area contributed by atoms with E-state index in [1.807, 2.05) is 0 Å². The van der Waals surface area contributed by atoms with E-state index in [0.29, 0.717) is 17.8 Å². The monoisotopic (exact) mass is 302 g/mol. The Balaban J connectivity index is 2.27. The van der Waals surface area contributed by atoms with Crippen molar-refractivity contribution in [3.63, 3.8) is 0 Å². The first-order valence-corrected chi connectivity index (χ1v) is 6.56. The Bertz CT molecular complexity index is 734. The lowest BCUT2D eigenvalue weighted by Gasteiger charge is -2.07. The lowest BCUT2D eigenvalue weighted by molar-refractivity contribution is -0.385. The Labute approximate surface area is 125 Å². The maximum atomic E-state index is 12.3. The molecule has 2 rings (SSSR count). The van der Waals surface area contributed by atoms with Crippen molar-refractivity contribution in [2.24, 2.45) is 0 Å². The first kappa shape index (κ1) is 15.4. The normalized spacial score (nSPS) is 10.3. The van der Waals surface area contributed by atoms with Gasteiger partial charge in [0.05, 0.1) is 4.92 Å². The number of benzene rings is 1. The van der Waals surface area contributed by atoms with Gasteiger partial charge in [-0.3, -0.25) is 24.4 Å². The molecule has 0 atom stereocenters. The number of rotatable bonds is 5. The molecule has 0 aliphatic carbocycles. The minimum absolute atomic E-state index is 0.0856. The van der Waals surface area contributed by atoms with Crippen LogP contribution in [0.5, 0.6) is 0 Å². The highest BCUT2D eigenvalue weighted by molar-refractivity contribution is 6.06. The number of aryl methyl sites for hydroxylation is 1. The lowest BCUT2D eigenvalue weighted by atomic mass is 10.1. The van der Waals surface area contributed by atoms with E-state index in [-0.39, 0.29) is 17.2 Å². The summed E-state index contributed by atoms with van der Waals surface area (Å²) in [7, 11) is 0. The Kier molecular flexibility index (Phi) is 4.31. The van der Waals surface area contributed by atoms with Crippen LogP contribution in [0.15, 0.2) is 30.5 Å². The fourth-order valence-corrected chi connectivity index (χ4v) is 1.96. The minimum atomic E-state index is -0.646. The van der Waals surface area contributed by atoms with Crippen molar-refractivity contribution in [1.29, 1.82) is 0 Å². The van der Waals surface area contributed by atoms with Crippen molar-refractivity contribution >= 4 is 23.1 Å². The molecular weight excluding hydrogens is 288 g/mol. The third-order valence-electron chi connectivity index (χ3n) is 3.08. The molecule has 8 nitrogen and oxygen atoms in total. The van der Waals surface area contributed by atoms with Crippen LogP contribution in [0.4, 0.5) is 11.4 Å². The molecule has 0 unspecified atom stereocenters. The molecular formula is C14H14N4O4. The molecule has 2 aromatic rings. The maximum Gasteiger partial charge on any atom is 0.320 e. The van der Waals surface area contributed by atoms with Crippen LogP contribution in [0.3, 0.4) is 0 Å². The van der Waals surface area contributed by atoms with Crippen molar-refractivity contribution in [3.05, 3.63) is 51.8 Å². The number of anilines is 1. The number of nitrogens with one attached hydrogen (secondary N) is 1. The Hall–Kier alpha value is -3.03. The van der Waals surface area contributed by atoms with Gasteiger partial charge in [-0.05, 0) is 38.1 Å². The van der Waals surface area contributed by atoms with Gasteiger partial charge in [-0.15, -0.1) is 0 Å². The van der Waals surface area contributed by atoms with Crippen LogP contribution in [0.1, 0.15) is 34.7 Å². The lowest BCUT2D eigenvalue weighted by Crippen LogP contribution is -2.18. The van der Waals surface area contributed by atoms with Crippen LogP contribution in [-0.4, -0.2) is 26.4 Å². The van der Waals surface area contributed by atoms with Crippen LogP contribution in [0, 0.1) is 10.1 Å². The molecule has 0 spiro atoms. The van der Waals surface area contributed by atoms with E-state index in [9.17, 15) is 19.7 Å². The quantitative estimate of drug-likeness (QED) is 0.518. The van der Waals surface area contributed by atoms with Gasteiger partial charge in [0.15, 0.2) is 5.78 Å². The first-order chi connectivity index (χ1) is 10.4. The molecule has 1 heterocycles. The number of amides is 1. The van der Waals surface area contributed by atoms with E-state index < -0.39 is 10.8 Å². The van der Waals surface area contributed by atoms with Crippen LogP contribution in [0.25, 0.3) is 0 Å². The summed E-state index contributed by atoms with van der Waals surface area (Å²) in [6.07, 6.45) is 1.05. The summed E-state index contributed by atoms with van der Waals surface area (Å²) >= 11 is 0. The van der Waals surface area contributed by atoms with Crippen molar-refractivity contribution < 1.29 is 14.5 Å². The van der Waals surface area contributed by atoms with Gasteiger partial charge >= 0.3 is 5.69 Å². The summed E-state index contributed by atoms with van der Waals surface area (Å²) in [5.74, 6) is -0.709. The second-order valence-corrected chi connectivity index (χ2v) is 4.54. The average Bonchev–Trinajstić information content (AvgIpc) is 2.92. The molecule has 22 heavy (non-hydrogen) atoms. The van der Waals surface area contributed by atoms with Gasteiger partial charge < -0.3 is 5.32 Å². The molecule has 1 N–H and O–H groups in total. The number of nitrogens with zero attached hydrogens (tertiary/aromatic N) is 3. The maximum absolute atomic E-state index is 12.3. The highest BCUT2D eigenvalue weighted by atomic mass is 16.6. The highest BCUT2D eigenvalue weighted by Gasteiger charge is 2.26. The summed E-state index contributed by atoms with van der Waals surface area (Å²) in [6, 6.07) is 6.27. The van der Waals surface area contributed by atoms with Gasteiger partial charge in [0.2, 0.25) is 5.69 Å². The van der Waals surface area contributed by atoms with Gasteiger partial charge in [-0.1, -0.05) is 0 Å². The summed E-state index contributed by atoms with van der Waals surface area (Å²) in [5, 5.41) is 17.4. The van der Waals surface area contributed by atoms with Crippen molar-refractivity contribution in [2.75, 3.05) is 5.32 Å². The molecule has 1 aromatic heterocycles. The largest absolute Gasteiger partial charge is 0.320 e. The predicted octanol–water partition coefficient (Wildman–Crippen LogP) is 2.27. The van der Waals surface area contributed by atoms with Crippen LogP contribution < -0.4 is 5.32 Å². The fourth-order valence-electron chi connectivity index (χ4n) is 1.96. The standard InChI is InChI=1S/C14H14N4O4/c1-3-17-13(12(8-15-17)18(21)22)14(20)16-11-6-4-10(5-7-11)9(2)19/h4-8H,3H2,1-2H3,(H,16,20). The van der Waals surface area contributed by atoms with Gasteiger partial charge in [-0.25, -0.2) is 0 Å². The van der Waals surface area contributed by atoms with E-state index >= 15 is 0 Å². The number of hydrogen-bond donors (Lipinski definition) is 1. The minimum Gasteiger partial charge on any atom is -0.320 e. The molecule has 1 amide bonds. The zero-order chi connectivity index (χ0) is 16.3. The topological polar surface area (TPSA) is 107 Å². The first-order valence-electron chi connectivity index (χ1n) is 6.56. The molecule has 114 valence electrons. The van der Waals surface area contributed by atoms with Gasteiger partial charge in [-0.2, -0.15) is 5.10 Å². The van der Waals surface area contributed by atoms with Crippen molar-refractivity contribution in [3.8, 4) is 0 Å². The number of carbonyl (C=O) groups is 2. The van der Waals surface area contributed by atoms with Crippen LogP contribution in [0.2, 0.25) is 0 Å². The van der Waals surface area contributed by atoms with E-state index in [4.69, 9.17) is 0 Å². The number of aromatic nitrogens is 2. The summed E-state index contributed by atoms with van der Waals surface area (Å²) in [6.45, 7) is 3.51. The second kappa shape index (κ2) is 6.17. The average molecular weight is 302 g/mol. The fraction of sp³-hybridized carbons (Fsp3) is 0.214. The van der Waals surface area contributed by atoms with Gasteiger partial charge in [0, 0.05) is 17.8 Å². The number of carbonyl (C=O) groups excluding carboxylic acids is 2. The summed E-state index contributed by atoms with van der Waals surface area (Å²) in [5.41, 5.74) is 0.499. The van der Waals surface area contributed by atoms with Crippen LogP contribution in [-0.2, 0) is 6.54 Å². The predicted molar refractivity (Wildman–Crippen MR) is 79.0 cm³/mol. The Morgan fingerprint density at radius 3 is 2.45 bits per heavy atom. The molecule has 0 saturated carbocycles. The number of Topliss-reactive ketones (excluding diaryl/α,β-unsaturated/α-hetero) is 1. The third-order valence-corrected chi connectivity index (χ3v) is 3.08. The SMILES string of the molecule is CCn1ncc([N+](=O)[O-])c1C(=O)Nc1ccc(C(C)=O)cc1. The molecule has 0 fully saturated rings. The number of nitro groups is 1. The molecule has 1 aromatic carbocycles.